The molecule has 3 N–H and O–H groups in total. The summed E-state index contributed by atoms with van der Waals surface area (Å²) in [5.74, 6) is -4.29. The van der Waals surface area contributed by atoms with E-state index in [1.54, 1.807) is 5.40 Å². The lowest BCUT2D eigenvalue weighted by atomic mass is 10.2. The van der Waals surface area contributed by atoms with Crippen LogP contribution in [-0.2, 0) is 0 Å². The van der Waals surface area contributed by atoms with Crippen molar-refractivity contribution in [2.45, 2.75) is 14.7 Å². The second kappa shape index (κ2) is 14.3. The minimum absolute atomic E-state index is 0.362. The summed E-state index contributed by atoms with van der Waals surface area (Å²) in [6.07, 6.45) is 0. The molecule has 0 radical (unpaired) electrons. The fraction of sp³-hybridized carbons (Fsp3) is 0. The highest BCUT2D eigenvalue weighted by atomic mass is 33.1. The summed E-state index contributed by atoms with van der Waals surface area (Å²) in [5, 5.41) is 69.0. The fourth-order valence-corrected chi connectivity index (χ4v) is 5.24. The number of hydrogen-bond donors (Lipinski definition) is 3. The van der Waals surface area contributed by atoms with Gasteiger partial charge in [0.15, 0.2) is 0 Å². The molecule has 3 rings (SSSR count). The van der Waals surface area contributed by atoms with Crippen LogP contribution in [0.3, 0.4) is 0 Å². The van der Waals surface area contributed by atoms with Crippen molar-refractivity contribution in [1.29, 1.82) is 5.26 Å². The first kappa shape index (κ1) is 32.0. The average molecular weight is 621 g/mol. The number of nitro benzene ring substituents is 3. The van der Waals surface area contributed by atoms with Crippen LogP contribution in [0.4, 0.5) is 17.1 Å². The van der Waals surface area contributed by atoms with Gasteiger partial charge in [-0.1, -0.05) is 21.6 Å². The predicted octanol–water partition coefficient (Wildman–Crippen LogP) is 5.56. The molecular weight excluding hydrogens is 608 g/mol. The van der Waals surface area contributed by atoms with E-state index in [4.69, 9.17) is 20.6 Å². The molecule has 0 spiro atoms. The van der Waals surface area contributed by atoms with Gasteiger partial charge in [-0.15, -0.1) is 0 Å². The van der Waals surface area contributed by atoms with Gasteiger partial charge in [0.25, 0.3) is 17.1 Å². The van der Waals surface area contributed by atoms with E-state index in [-0.39, 0.29) is 0 Å². The minimum atomic E-state index is -1.45. The molecule has 0 unspecified atom stereocenters. The second-order valence-corrected chi connectivity index (χ2v) is 10.2. The summed E-state index contributed by atoms with van der Waals surface area (Å²) in [6, 6.07) is 10.6. The lowest BCUT2D eigenvalue weighted by molar-refractivity contribution is -0.385. The molecule has 16 nitrogen and oxygen atoms in total. The van der Waals surface area contributed by atoms with Crippen LogP contribution in [-0.4, -0.2) is 48.0 Å². The molecule has 0 amide bonds. The first-order valence-electron chi connectivity index (χ1n) is 10.2. The number of rotatable bonds is 10. The van der Waals surface area contributed by atoms with Gasteiger partial charge in [0.2, 0.25) is 0 Å². The Balaban J connectivity index is 0.000000333. The van der Waals surface area contributed by atoms with Crippen molar-refractivity contribution >= 4 is 68.3 Å². The maximum Gasteiger partial charge on any atom is 0.342 e. The summed E-state index contributed by atoms with van der Waals surface area (Å²) >= 11 is 0.747. The lowest BCUT2D eigenvalue weighted by Crippen LogP contribution is -2.02. The number of nitriles is 1. The summed E-state index contributed by atoms with van der Waals surface area (Å²) in [5.41, 5.74) is -2.94. The average Bonchev–Trinajstić information content (AvgIpc) is 2.91. The Bertz CT molecular complexity index is 1550. The number of hydrogen-bond acceptors (Lipinski definition) is 13. The fourth-order valence-electron chi connectivity index (χ4n) is 2.85. The van der Waals surface area contributed by atoms with Gasteiger partial charge in [-0.2, -0.15) is 5.26 Å². The number of benzene rings is 3. The van der Waals surface area contributed by atoms with Gasteiger partial charge in [-0.05, 0) is 48.2 Å². The highest BCUT2D eigenvalue weighted by Gasteiger charge is 2.22. The Hall–Kier alpha value is -5.19. The maximum absolute atomic E-state index is 11.1. The van der Waals surface area contributed by atoms with E-state index >= 15 is 0 Å². The third kappa shape index (κ3) is 8.65. The highest BCUT2D eigenvalue weighted by Crippen LogP contribution is 2.40. The van der Waals surface area contributed by atoms with Crippen LogP contribution >= 0.6 is 33.3 Å². The van der Waals surface area contributed by atoms with Gasteiger partial charge in [-0.3, -0.25) is 30.3 Å². The van der Waals surface area contributed by atoms with Crippen LogP contribution in [0.25, 0.3) is 0 Å². The summed E-state index contributed by atoms with van der Waals surface area (Å²) in [7, 11) is 2.06. The molecular formula is C22H12N4O12S3. The van der Waals surface area contributed by atoms with Crippen LogP contribution in [0, 0.1) is 41.0 Å². The van der Waals surface area contributed by atoms with E-state index in [9.17, 15) is 44.7 Å². The van der Waals surface area contributed by atoms with Crippen molar-refractivity contribution in [2.75, 3.05) is 0 Å². The van der Waals surface area contributed by atoms with Gasteiger partial charge < -0.3 is 15.3 Å². The first-order valence-corrected chi connectivity index (χ1v) is 13.2. The molecule has 0 aromatic heterocycles. The normalized spacial score (nSPS) is 9.93. The van der Waals surface area contributed by atoms with E-state index in [2.05, 4.69) is 0 Å². The summed E-state index contributed by atoms with van der Waals surface area (Å²) in [4.78, 5) is 63.8. The minimum Gasteiger partial charge on any atom is -0.477 e. The molecule has 0 bridgehead atoms. The third-order valence-corrected chi connectivity index (χ3v) is 7.54. The van der Waals surface area contributed by atoms with Crippen LogP contribution in [0.5, 0.6) is 0 Å². The van der Waals surface area contributed by atoms with E-state index in [1.165, 1.54) is 18.2 Å². The Morgan fingerprint density at radius 1 is 0.610 bits per heavy atom. The predicted molar refractivity (Wildman–Crippen MR) is 143 cm³/mol. The quantitative estimate of drug-likeness (QED) is 0.0822. The second-order valence-electron chi connectivity index (χ2n) is 7.08. The molecule has 0 aliphatic heterocycles. The van der Waals surface area contributed by atoms with Gasteiger partial charge in [0.05, 0.1) is 14.8 Å². The molecule has 19 heteroatoms. The number of carbonyl (C=O) groups is 3. The van der Waals surface area contributed by atoms with E-state index in [0.717, 1.165) is 69.7 Å². The zero-order valence-corrected chi connectivity index (χ0v) is 22.2. The van der Waals surface area contributed by atoms with E-state index in [0.29, 0.717) is 14.7 Å². The Morgan fingerprint density at radius 2 is 0.902 bits per heavy atom. The largest absolute Gasteiger partial charge is 0.477 e. The van der Waals surface area contributed by atoms with Crippen molar-refractivity contribution < 1.29 is 44.5 Å². The van der Waals surface area contributed by atoms with Crippen LogP contribution in [0.15, 0.2) is 69.3 Å². The van der Waals surface area contributed by atoms with E-state index < -0.39 is 66.4 Å². The third-order valence-electron chi connectivity index (χ3n) is 4.58. The Morgan fingerprint density at radius 3 is 1.17 bits per heavy atom. The number of thioether (sulfide) groups is 1. The summed E-state index contributed by atoms with van der Waals surface area (Å²) in [6.45, 7) is 0. The van der Waals surface area contributed by atoms with Crippen LogP contribution in [0.1, 0.15) is 31.1 Å². The first-order chi connectivity index (χ1) is 19.3. The van der Waals surface area contributed by atoms with Gasteiger partial charge in [0.1, 0.15) is 22.1 Å². The topological polar surface area (TPSA) is 265 Å². The van der Waals surface area contributed by atoms with Crippen molar-refractivity contribution in [1.82, 2.24) is 0 Å². The number of carboxylic acids is 3. The molecule has 210 valence electrons. The number of thiocyanates is 1. The Kier molecular flexibility index (Phi) is 11.1. The van der Waals surface area contributed by atoms with Crippen molar-refractivity contribution in [3.8, 4) is 5.40 Å². The molecule has 41 heavy (non-hydrogen) atoms. The lowest BCUT2D eigenvalue weighted by Gasteiger charge is -2.05. The molecule has 3 aromatic carbocycles. The monoisotopic (exact) mass is 620 g/mol. The number of nitro groups is 3. The van der Waals surface area contributed by atoms with Crippen molar-refractivity contribution in [3.05, 3.63) is 102 Å². The summed E-state index contributed by atoms with van der Waals surface area (Å²) < 4.78 is 0. The molecule has 3 aromatic rings. The molecule has 0 fully saturated rings. The molecule has 0 saturated carbocycles. The van der Waals surface area contributed by atoms with Crippen LogP contribution in [0.2, 0.25) is 0 Å². The van der Waals surface area contributed by atoms with Crippen molar-refractivity contribution in [2.24, 2.45) is 0 Å². The van der Waals surface area contributed by atoms with Gasteiger partial charge in [-0.25, -0.2) is 14.4 Å². The van der Waals surface area contributed by atoms with Gasteiger partial charge in [0, 0.05) is 32.9 Å². The Labute approximate surface area is 239 Å². The SMILES string of the molecule is N#CSc1ccc([N+](=O)[O-])c(C(=O)O)c1.O=C(O)c1cc(SSc2ccc([N+](=O)[O-])c(C(=O)O)c2)ccc1[N+](=O)[O-]. The number of nitrogens with zero attached hydrogens (tertiary/aromatic N) is 4. The molecule has 0 aliphatic carbocycles. The van der Waals surface area contributed by atoms with E-state index in [1.807, 2.05) is 0 Å². The maximum atomic E-state index is 11.1. The zero-order valence-electron chi connectivity index (χ0n) is 19.7. The van der Waals surface area contributed by atoms with Gasteiger partial charge >= 0.3 is 17.9 Å². The molecule has 0 heterocycles. The zero-order chi connectivity index (χ0) is 30.9. The molecule has 0 aliphatic rings. The number of aromatic carboxylic acids is 3. The standard InChI is InChI=1S/C14H8N2O8S2.C8H4N2O4S/c17-13(18)9-5-7(1-3-11(9)15(21)22)25-26-8-2-4-12(16(23)24)10(6-8)14(19)20;9-4-15-5-1-2-7(10(13)14)6(3-5)8(11)12/h1-6H,(H,17,18)(H,19,20);1-3H,(H,11,12). The highest BCUT2D eigenvalue weighted by molar-refractivity contribution is 8.76. The molecule has 0 atom stereocenters. The van der Waals surface area contributed by atoms with Crippen molar-refractivity contribution in [3.63, 3.8) is 0 Å². The number of carboxylic acid groups (broad SMARTS) is 3. The van der Waals surface area contributed by atoms with Crippen LogP contribution < -0.4 is 0 Å². The molecule has 0 saturated heterocycles. The smallest absolute Gasteiger partial charge is 0.342 e.